The number of amides is 2. The molecule has 0 aliphatic carbocycles. The Labute approximate surface area is 134 Å². The molecule has 0 fully saturated rings. The molecule has 2 N–H and O–H groups in total. The number of aliphatic hydroxyl groups excluding tert-OH is 1. The first-order valence-electron chi connectivity index (χ1n) is 7.20. The van der Waals surface area contributed by atoms with Crippen LogP contribution in [0.4, 0.5) is 9.93 Å². The number of aryl methyl sites for hydroxylation is 1. The molecule has 0 aliphatic rings. The molecule has 1 atom stereocenters. The van der Waals surface area contributed by atoms with E-state index in [-0.39, 0.29) is 6.03 Å². The van der Waals surface area contributed by atoms with Gasteiger partial charge in [0.1, 0.15) is 0 Å². The first-order chi connectivity index (χ1) is 10.5. The van der Waals surface area contributed by atoms with Crippen molar-refractivity contribution in [2.45, 2.75) is 26.4 Å². The number of anilines is 1. The third-order valence-electron chi connectivity index (χ3n) is 3.28. The van der Waals surface area contributed by atoms with Gasteiger partial charge in [-0.3, -0.25) is 5.32 Å². The molecule has 1 aromatic heterocycles. The van der Waals surface area contributed by atoms with Gasteiger partial charge in [-0.1, -0.05) is 41.7 Å². The Bertz CT molecular complexity index is 626. The molecular weight excluding hydrogens is 298 g/mol. The zero-order valence-electron chi connectivity index (χ0n) is 13.0. The minimum Gasteiger partial charge on any atom is -0.393 e. The second kappa shape index (κ2) is 7.38. The van der Waals surface area contributed by atoms with Crippen LogP contribution in [-0.2, 0) is 0 Å². The van der Waals surface area contributed by atoms with Crippen molar-refractivity contribution < 1.29 is 9.90 Å². The molecule has 0 spiro atoms. The van der Waals surface area contributed by atoms with E-state index in [4.69, 9.17) is 0 Å². The first-order valence-corrected chi connectivity index (χ1v) is 8.02. The number of hydrogen-bond donors (Lipinski definition) is 2. The summed E-state index contributed by atoms with van der Waals surface area (Å²) in [5.74, 6) is 0. The third kappa shape index (κ3) is 4.29. The lowest BCUT2D eigenvalue weighted by Gasteiger charge is -2.17. The van der Waals surface area contributed by atoms with Crippen LogP contribution in [-0.4, -0.2) is 40.7 Å². The van der Waals surface area contributed by atoms with E-state index < -0.39 is 6.10 Å². The van der Waals surface area contributed by atoms with E-state index in [0.29, 0.717) is 18.1 Å². The maximum absolute atomic E-state index is 12.1. The van der Waals surface area contributed by atoms with Crippen LogP contribution < -0.4 is 5.32 Å². The van der Waals surface area contributed by atoms with E-state index in [1.165, 1.54) is 11.3 Å². The van der Waals surface area contributed by atoms with Crippen LogP contribution in [0.1, 0.15) is 19.0 Å². The monoisotopic (exact) mass is 319 g/mol. The van der Waals surface area contributed by atoms with Gasteiger partial charge in [0.15, 0.2) is 5.13 Å². The van der Waals surface area contributed by atoms with Crippen molar-refractivity contribution in [1.82, 2.24) is 9.88 Å². The number of hydrogen-bond acceptors (Lipinski definition) is 4. The number of aliphatic hydroxyl groups is 1. The van der Waals surface area contributed by atoms with Gasteiger partial charge in [0.2, 0.25) is 0 Å². The topological polar surface area (TPSA) is 65.5 Å². The Morgan fingerprint density at radius 2 is 2.09 bits per heavy atom. The fourth-order valence-corrected chi connectivity index (χ4v) is 2.94. The maximum Gasteiger partial charge on any atom is 0.323 e. The number of carbonyl (C=O) groups excluding carboxylic acids is 1. The molecule has 0 bridgehead atoms. The highest BCUT2D eigenvalue weighted by Gasteiger charge is 2.14. The van der Waals surface area contributed by atoms with Crippen molar-refractivity contribution in [3.05, 3.63) is 36.0 Å². The summed E-state index contributed by atoms with van der Waals surface area (Å²) in [7, 11) is 1.70. The Kier molecular flexibility index (Phi) is 5.51. The summed E-state index contributed by atoms with van der Waals surface area (Å²) in [4.78, 5) is 19.1. The highest BCUT2D eigenvalue weighted by Crippen LogP contribution is 2.32. The van der Waals surface area contributed by atoms with Crippen LogP contribution in [0.5, 0.6) is 0 Å². The SMILES string of the molecule is Cc1nc(NC(=O)N(C)CCC(C)O)sc1-c1ccccc1. The van der Waals surface area contributed by atoms with Crippen molar-refractivity contribution in [3.63, 3.8) is 0 Å². The summed E-state index contributed by atoms with van der Waals surface area (Å²) in [5.41, 5.74) is 2.00. The molecule has 1 aromatic carbocycles. The van der Waals surface area contributed by atoms with Crippen LogP contribution in [0, 0.1) is 6.92 Å². The molecule has 0 radical (unpaired) electrons. The molecule has 0 aliphatic heterocycles. The molecule has 22 heavy (non-hydrogen) atoms. The van der Waals surface area contributed by atoms with E-state index >= 15 is 0 Å². The average Bonchev–Trinajstić information content (AvgIpc) is 2.86. The van der Waals surface area contributed by atoms with Crippen molar-refractivity contribution in [3.8, 4) is 10.4 Å². The van der Waals surface area contributed by atoms with E-state index in [1.807, 2.05) is 37.3 Å². The van der Waals surface area contributed by atoms with Gasteiger partial charge >= 0.3 is 6.03 Å². The molecule has 2 amide bonds. The highest BCUT2D eigenvalue weighted by molar-refractivity contribution is 7.19. The summed E-state index contributed by atoms with van der Waals surface area (Å²) in [6.07, 6.45) is 0.137. The fourth-order valence-electron chi connectivity index (χ4n) is 1.98. The van der Waals surface area contributed by atoms with Crippen LogP contribution in [0.15, 0.2) is 30.3 Å². The molecule has 2 rings (SSSR count). The van der Waals surface area contributed by atoms with Gasteiger partial charge < -0.3 is 10.0 Å². The maximum atomic E-state index is 12.1. The number of rotatable bonds is 5. The number of nitrogens with zero attached hydrogens (tertiary/aromatic N) is 2. The third-order valence-corrected chi connectivity index (χ3v) is 4.40. The molecule has 6 heteroatoms. The van der Waals surface area contributed by atoms with Crippen molar-refractivity contribution in [2.24, 2.45) is 0 Å². The number of benzene rings is 1. The Hall–Kier alpha value is -1.92. The molecular formula is C16H21N3O2S. The number of aromatic nitrogens is 1. The summed E-state index contributed by atoms with van der Waals surface area (Å²) in [6.45, 7) is 4.15. The van der Waals surface area contributed by atoms with Crippen LogP contribution >= 0.6 is 11.3 Å². The van der Waals surface area contributed by atoms with Crippen molar-refractivity contribution in [1.29, 1.82) is 0 Å². The zero-order chi connectivity index (χ0) is 16.1. The molecule has 0 saturated carbocycles. The van der Waals surface area contributed by atoms with Crippen LogP contribution in [0.25, 0.3) is 10.4 Å². The van der Waals surface area contributed by atoms with Gasteiger partial charge in [-0.25, -0.2) is 9.78 Å². The molecule has 118 valence electrons. The first kappa shape index (κ1) is 16.5. The molecule has 5 nitrogen and oxygen atoms in total. The largest absolute Gasteiger partial charge is 0.393 e. The standard InChI is InChI=1S/C16H21N3O2S/c1-11(20)9-10-19(3)16(21)18-15-17-12(2)14(22-15)13-7-5-4-6-8-13/h4-8,11,20H,9-10H2,1-3H3,(H,17,18,21). The van der Waals surface area contributed by atoms with E-state index in [1.54, 1.807) is 18.9 Å². The average molecular weight is 319 g/mol. The Morgan fingerprint density at radius 3 is 2.73 bits per heavy atom. The van der Waals surface area contributed by atoms with Crippen molar-refractivity contribution in [2.75, 3.05) is 18.9 Å². The second-order valence-corrected chi connectivity index (χ2v) is 6.29. The normalized spacial score (nSPS) is 12.0. The lowest BCUT2D eigenvalue weighted by Crippen LogP contribution is -2.33. The van der Waals surface area contributed by atoms with Crippen molar-refractivity contribution >= 4 is 22.5 Å². The molecule has 2 aromatic rings. The number of thiazole rings is 1. The Morgan fingerprint density at radius 1 is 1.41 bits per heavy atom. The van der Waals surface area contributed by atoms with E-state index in [2.05, 4.69) is 10.3 Å². The summed E-state index contributed by atoms with van der Waals surface area (Å²) < 4.78 is 0. The van der Waals surface area contributed by atoms with Gasteiger partial charge in [0.25, 0.3) is 0 Å². The number of nitrogens with one attached hydrogen (secondary N) is 1. The molecule has 1 unspecified atom stereocenters. The van der Waals surface area contributed by atoms with Gasteiger partial charge in [-0.2, -0.15) is 0 Å². The quantitative estimate of drug-likeness (QED) is 0.888. The summed E-state index contributed by atoms with van der Waals surface area (Å²) in [6, 6.07) is 9.78. The fraction of sp³-hybridized carbons (Fsp3) is 0.375. The number of carbonyl (C=O) groups is 1. The zero-order valence-corrected chi connectivity index (χ0v) is 13.9. The summed E-state index contributed by atoms with van der Waals surface area (Å²) in [5, 5.41) is 12.7. The molecule has 1 heterocycles. The van der Waals surface area contributed by atoms with E-state index in [0.717, 1.165) is 16.1 Å². The van der Waals surface area contributed by atoms with E-state index in [9.17, 15) is 9.90 Å². The van der Waals surface area contributed by atoms with Crippen LogP contribution in [0.2, 0.25) is 0 Å². The minimum atomic E-state index is -0.415. The number of urea groups is 1. The summed E-state index contributed by atoms with van der Waals surface area (Å²) >= 11 is 1.46. The minimum absolute atomic E-state index is 0.214. The smallest absolute Gasteiger partial charge is 0.323 e. The highest BCUT2D eigenvalue weighted by atomic mass is 32.1. The lowest BCUT2D eigenvalue weighted by molar-refractivity contribution is 0.167. The Balaban J connectivity index is 2.04. The van der Waals surface area contributed by atoms with Crippen LogP contribution in [0.3, 0.4) is 0 Å². The van der Waals surface area contributed by atoms with Gasteiger partial charge in [-0.05, 0) is 25.8 Å². The van der Waals surface area contributed by atoms with Gasteiger partial charge in [0.05, 0.1) is 16.7 Å². The lowest BCUT2D eigenvalue weighted by atomic mass is 10.2. The predicted octanol–water partition coefficient (Wildman–Crippen LogP) is 3.35. The molecule has 0 saturated heterocycles. The van der Waals surface area contributed by atoms with Gasteiger partial charge in [-0.15, -0.1) is 0 Å². The second-order valence-electron chi connectivity index (χ2n) is 5.29. The predicted molar refractivity (Wildman–Crippen MR) is 90.2 cm³/mol. The van der Waals surface area contributed by atoms with Gasteiger partial charge in [0, 0.05) is 13.6 Å².